The van der Waals surface area contributed by atoms with E-state index in [1.807, 2.05) is 30.4 Å². The SMILES string of the molecule is COC1(OC)C=CC(=NC(=O)c2ccccc2)C2C1CC=C[C@H]2C. The predicted molar refractivity (Wildman–Crippen MR) is 94.0 cm³/mol. The Morgan fingerprint density at radius 1 is 1.21 bits per heavy atom. The van der Waals surface area contributed by atoms with Crippen molar-refractivity contribution in [3.8, 4) is 0 Å². The molecule has 2 unspecified atom stereocenters. The lowest BCUT2D eigenvalue weighted by atomic mass is 9.67. The van der Waals surface area contributed by atoms with Crippen LogP contribution in [0.5, 0.6) is 0 Å². The summed E-state index contributed by atoms with van der Waals surface area (Å²) in [7, 11) is 3.32. The average Bonchev–Trinajstić information content (AvgIpc) is 2.63. The maximum absolute atomic E-state index is 12.5. The lowest BCUT2D eigenvalue weighted by Gasteiger charge is -2.46. The molecule has 1 aromatic rings. The molecule has 2 aliphatic carbocycles. The zero-order valence-corrected chi connectivity index (χ0v) is 14.3. The zero-order chi connectivity index (χ0) is 17.2. The molecule has 24 heavy (non-hydrogen) atoms. The topological polar surface area (TPSA) is 47.9 Å². The first-order valence-electron chi connectivity index (χ1n) is 8.25. The molecule has 0 bridgehead atoms. The van der Waals surface area contributed by atoms with Crippen molar-refractivity contribution in [1.82, 2.24) is 0 Å². The quantitative estimate of drug-likeness (QED) is 0.629. The van der Waals surface area contributed by atoms with Gasteiger partial charge in [0.15, 0.2) is 5.79 Å². The van der Waals surface area contributed by atoms with E-state index in [1.165, 1.54) is 0 Å². The maximum atomic E-state index is 12.5. The Kier molecular flexibility index (Phi) is 4.78. The van der Waals surface area contributed by atoms with E-state index < -0.39 is 5.79 Å². The normalized spacial score (nSPS) is 29.5. The van der Waals surface area contributed by atoms with Crippen LogP contribution in [0.1, 0.15) is 23.7 Å². The van der Waals surface area contributed by atoms with Crippen LogP contribution in [0, 0.1) is 17.8 Å². The summed E-state index contributed by atoms with van der Waals surface area (Å²) in [6.45, 7) is 2.14. The van der Waals surface area contributed by atoms with Crippen molar-refractivity contribution in [2.45, 2.75) is 19.1 Å². The van der Waals surface area contributed by atoms with Gasteiger partial charge in [-0.2, -0.15) is 0 Å². The molecule has 0 fully saturated rings. The molecule has 3 rings (SSSR count). The molecule has 1 amide bonds. The van der Waals surface area contributed by atoms with Crippen LogP contribution in [-0.4, -0.2) is 31.6 Å². The van der Waals surface area contributed by atoms with Gasteiger partial charge in [0.25, 0.3) is 5.91 Å². The molecule has 0 saturated carbocycles. The average molecular weight is 325 g/mol. The first-order valence-corrected chi connectivity index (χ1v) is 8.25. The van der Waals surface area contributed by atoms with Gasteiger partial charge in [0, 0.05) is 37.3 Å². The third-order valence-corrected chi connectivity index (χ3v) is 5.06. The summed E-state index contributed by atoms with van der Waals surface area (Å²) >= 11 is 0. The fraction of sp³-hybridized carbons (Fsp3) is 0.400. The Bertz CT molecular complexity index is 686. The number of hydrogen-bond acceptors (Lipinski definition) is 3. The maximum Gasteiger partial charge on any atom is 0.277 e. The van der Waals surface area contributed by atoms with Gasteiger partial charge in [-0.1, -0.05) is 37.3 Å². The molecule has 4 heteroatoms. The number of amides is 1. The van der Waals surface area contributed by atoms with E-state index in [9.17, 15) is 4.79 Å². The van der Waals surface area contributed by atoms with Crippen LogP contribution in [0.15, 0.2) is 59.6 Å². The molecule has 126 valence electrons. The highest BCUT2D eigenvalue weighted by atomic mass is 16.7. The summed E-state index contributed by atoms with van der Waals surface area (Å²) in [5, 5.41) is 0. The Morgan fingerprint density at radius 2 is 1.92 bits per heavy atom. The Balaban J connectivity index is 2.00. The number of benzene rings is 1. The molecule has 2 aliphatic rings. The van der Waals surface area contributed by atoms with Gasteiger partial charge in [-0.15, -0.1) is 0 Å². The van der Waals surface area contributed by atoms with Gasteiger partial charge < -0.3 is 9.47 Å². The number of rotatable bonds is 3. The molecule has 3 atom stereocenters. The number of carbonyl (C=O) groups excluding carboxylic acids is 1. The number of hydrogen-bond donors (Lipinski definition) is 0. The smallest absolute Gasteiger partial charge is 0.277 e. The second-order valence-electron chi connectivity index (χ2n) is 6.33. The molecule has 0 radical (unpaired) electrons. The summed E-state index contributed by atoms with van der Waals surface area (Å²) in [5.41, 5.74) is 1.40. The Hall–Kier alpha value is -2.04. The van der Waals surface area contributed by atoms with Crippen molar-refractivity contribution in [3.63, 3.8) is 0 Å². The predicted octanol–water partition coefficient (Wildman–Crippen LogP) is 3.66. The molecule has 0 aromatic heterocycles. The molecular weight excluding hydrogens is 302 g/mol. The van der Waals surface area contributed by atoms with Gasteiger partial charge >= 0.3 is 0 Å². The van der Waals surface area contributed by atoms with E-state index in [0.29, 0.717) is 5.56 Å². The number of aliphatic imine (C=N–C) groups is 1. The van der Waals surface area contributed by atoms with Gasteiger partial charge in [-0.3, -0.25) is 4.79 Å². The molecule has 0 aliphatic heterocycles. The van der Waals surface area contributed by atoms with E-state index >= 15 is 0 Å². The second-order valence-corrected chi connectivity index (χ2v) is 6.33. The molecule has 0 saturated heterocycles. The first-order chi connectivity index (χ1) is 11.6. The van der Waals surface area contributed by atoms with Crippen LogP contribution in [0.2, 0.25) is 0 Å². The number of nitrogens with zero attached hydrogens (tertiary/aromatic N) is 1. The van der Waals surface area contributed by atoms with Gasteiger partial charge in [-0.05, 0) is 36.6 Å². The largest absolute Gasteiger partial charge is 0.349 e. The molecule has 4 nitrogen and oxygen atoms in total. The van der Waals surface area contributed by atoms with Crippen molar-refractivity contribution in [2.75, 3.05) is 14.2 Å². The summed E-state index contributed by atoms with van der Waals surface area (Å²) in [5.74, 6) is -0.524. The van der Waals surface area contributed by atoms with Crippen LogP contribution in [-0.2, 0) is 9.47 Å². The minimum atomic E-state index is -0.765. The van der Waals surface area contributed by atoms with Gasteiger partial charge in [-0.25, -0.2) is 4.99 Å². The summed E-state index contributed by atoms with van der Waals surface area (Å²) in [6.07, 6.45) is 8.94. The molecule has 0 N–H and O–H groups in total. The fourth-order valence-electron chi connectivity index (χ4n) is 3.80. The number of carbonyl (C=O) groups is 1. The zero-order valence-electron chi connectivity index (χ0n) is 14.3. The number of methoxy groups -OCH3 is 2. The summed E-state index contributed by atoms with van der Waals surface area (Å²) in [6, 6.07) is 9.16. The first kappa shape index (κ1) is 16.8. The van der Waals surface area contributed by atoms with Crippen LogP contribution in [0.4, 0.5) is 0 Å². The Labute approximate surface area is 142 Å². The van der Waals surface area contributed by atoms with Crippen molar-refractivity contribution >= 4 is 11.6 Å². The summed E-state index contributed by atoms with van der Waals surface area (Å²) in [4.78, 5) is 16.9. The van der Waals surface area contributed by atoms with Crippen molar-refractivity contribution in [1.29, 1.82) is 0 Å². The van der Waals surface area contributed by atoms with E-state index in [1.54, 1.807) is 26.4 Å². The second kappa shape index (κ2) is 6.83. The standard InChI is InChI=1S/C20H23NO3/c1-14-8-7-11-16-18(14)17(12-13-20(16,23-2)24-3)21-19(22)15-9-5-4-6-10-15/h4-10,12-14,16,18H,11H2,1-3H3/t14-,16?,18?/m1/s1. The summed E-state index contributed by atoms with van der Waals surface area (Å²) < 4.78 is 11.4. The van der Waals surface area contributed by atoms with Crippen LogP contribution in [0.25, 0.3) is 0 Å². The lowest BCUT2D eigenvalue weighted by Crippen LogP contribution is -2.51. The number of fused-ring (bicyclic) bond motifs is 1. The third-order valence-electron chi connectivity index (χ3n) is 5.06. The van der Waals surface area contributed by atoms with Gasteiger partial charge in [0.1, 0.15) is 0 Å². The van der Waals surface area contributed by atoms with E-state index in [2.05, 4.69) is 24.1 Å². The molecular formula is C20H23NO3. The molecule has 1 aromatic carbocycles. The Morgan fingerprint density at radius 3 is 2.58 bits per heavy atom. The van der Waals surface area contributed by atoms with E-state index in [0.717, 1.165) is 12.1 Å². The highest BCUT2D eigenvalue weighted by Crippen LogP contribution is 2.44. The van der Waals surface area contributed by atoms with Crippen molar-refractivity contribution < 1.29 is 14.3 Å². The van der Waals surface area contributed by atoms with E-state index in [4.69, 9.17) is 9.47 Å². The number of ether oxygens (including phenoxy) is 2. The molecule has 0 heterocycles. The highest BCUT2D eigenvalue weighted by Gasteiger charge is 2.48. The van der Waals surface area contributed by atoms with Gasteiger partial charge in [0.05, 0.1) is 0 Å². The fourth-order valence-corrected chi connectivity index (χ4v) is 3.80. The minimum absolute atomic E-state index is 0.0903. The van der Waals surface area contributed by atoms with Gasteiger partial charge in [0.2, 0.25) is 0 Å². The van der Waals surface area contributed by atoms with Crippen molar-refractivity contribution in [2.24, 2.45) is 22.7 Å². The van der Waals surface area contributed by atoms with Crippen molar-refractivity contribution in [3.05, 3.63) is 60.2 Å². The number of allylic oxidation sites excluding steroid dienone is 3. The minimum Gasteiger partial charge on any atom is -0.349 e. The lowest BCUT2D eigenvalue weighted by molar-refractivity contribution is -0.214. The van der Waals surface area contributed by atoms with Crippen LogP contribution < -0.4 is 0 Å². The monoisotopic (exact) mass is 325 g/mol. The van der Waals surface area contributed by atoms with Crippen LogP contribution >= 0.6 is 0 Å². The molecule has 0 spiro atoms. The highest BCUT2D eigenvalue weighted by molar-refractivity contribution is 6.09. The third kappa shape index (κ3) is 2.87. The van der Waals surface area contributed by atoms with E-state index in [-0.39, 0.29) is 23.7 Å². The van der Waals surface area contributed by atoms with Crippen LogP contribution in [0.3, 0.4) is 0 Å².